The van der Waals surface area contributed by atoms with Crippen LogP contribution in [0.15, 0.2) is 42.5 Å². The van der Waals surface area contributed by atoms with Crippen molar-refractivity contribution in [3.63, 3.8) is 0 Å². The number of amides is 2. The molecule has 0 saturated carbocycles. The lowest BCUT2D eigenvalue weighted by Crippen LogP contribution is -2.36. The van der Waals surface area contributed by atoms with E-state index in [1.807, 2.05) is 26.2 Å². The fraction of sp³-hybridized carbons (Fsp3) is 0.350. The van der Waals surface area contributed by atoms with Crippen molar-refractivity contribution in [1.29, 1.82) is 0 Å². The molecule has 2 aromatic carbocycles. The molecular weight excluding hydrogens is 348 g/mol. The van der Waals surface area contributed by atoms with Gasteiger partial charge in [-0.1, -0.05) is 29.8 Å². The van der Waals surface area contributed by atoms with Crippen LogP contribution < -0.4 is 15.5 Å². The van der Waals surface area contributed by atoms with E-state index in [4.69, 9.17) is 11.6 Å². The number of urea groups is 1. The van der Waals surface area contributed by atoms with Gasteiger partial charge in [0.15, 0.2) is 0 Å². The van der Waals surface area contributed by atoms with E-state index in [0.29, 0.717) is 17.3 Å². The van der Waals surface area contributed by atoms with Gasteiger partial charge in [0.25, 0.3) is 0 Å². The molecule has 26 heavy (non-hydrogen) atoms. The standard InChI is InChI=1S/C20H25ClN4O/c1-24(2)19(14-7-8-18-15(11-14)9-10-25(18)3)13-22-20(26)23-17-6-4-5-16(21)12-17/h4-8,11-12,19H,9-10,13H2,1-3H3,(H2,22,23,26)/t19-/m0/s1. The van der Waals surface area contributed by atoms with Crippen LogP contribution in [0.3, 0.4) is 0 Å². The minimum Gasteiger partial charge on any atom is -0.374 e. The monoisotopic (exact) mass is 372 g/mol. The van der Waals surface area contributed by atoms with E-state index in [1.165, 1.54) is 16.8 Å². The van der Waals surface area contributed by atoms with Crippen molar-refractivity contribution in [1.82, 2.24) is 10.2 Å². The van der Waals surface area contributed by atoms with Crippen molar-refractivity contribution < 1.29 is 4.79 Å². The summed E-state index contributed by atoms with van der Waals surface area (Å²) in [6.07, 6.45) is 1.07. The number of halogens is 1. The number of fused-ring (bicyclic) bond motifs is 1. The fourth-order valence-corrected chi connectivity index (χ4v) is 3.51. The zero-order valence-electron chi connectivity index (χ0n) is 15.4. The van der Waals surface area contributed by atoms with Crippen molar-refractivity contribution >= 4 is 29.0 Å². The Morgan fingerprint density at radius 2 is 2.08 bits per heavy atom. The molecule has 2 aromatic rings. The summed E-state index contributed by atoms with van der Waals surface area (Å²) in [7, 11) is 6.18. The molecule has 138 valence electrons. The Bertz CT molecular complexity index is 793. The molecule has 1 heterocycles. The Morgan fingerprint density at radius 1 is 1.27 bits per heavy atom. The van der Waals surface area contributed by atoms with Gasteiger partial charge in [-0.05, 0) is 55.9 Å². The van der Waals surface area contributed by atoms with Gasteiger partial charge in [-0.3, -0.25) is 0 Å². The topological polar surface area (TPSA) is 47.6 Å². The normalized spacial score (nSPS) is 14.3. The average Bonchev–Trinajstić information content (AvgIpc) is 2.95. The second-order valence-corrected chi connectivity index (χ2v) is 7.32. The highest BCUT2D eigenvalue weighted by molar-refractivity contribution is 6.30. The maximum absolute atomic E-state index is 12.2. The van der Waals surface area contributed by atoms with E-state index in [-0.39, 0.29) is 12.1 Å². The van der Waals surface area contributed by atoms with Gasteiger partial charge in [-0.2, -0.15) is 0 Å². The maximum Gasteiger partial charge on any atom is 0.319 e. The summed E-state index contributed by atoms with van der Waals surface area (Å²) in [5, 5.41) is 6.37. The molecule has 2 N–H and O–H groups in total. The maximum atomic E-state index is 12.2. The Kier molecular flexibility index (Phi) is 5.69. The lowest BCUT2D eigenvalue weighted by molar-refractivity contribution is 0.243. The zero-order chi connectivity index (χ0) is 18.7. The molecule has 1 aliphatic heterocycles. The number of likely N-dealkylation sites (N-methyl/N-ethyl adjacent to an activating group) is 2. The van der Waals surface area contributed by atoms with Gasteiger partial charge in [-0.15, -0.1) is 0 Å². The molecule has 0 saturated heterocycles. The Morgan fingerprint density at radius 3 is 2.81 bits per heavy atom. The number of hydrogen-bond donors (Lipinski definition) is 2. The predicted molar refractivity (Wildman–Crippen MR) is 108 cm³/mol. The summed E-state index contributed by atoms with van der Waals surface area (Å²) in [6.45, 7) is 1.58. The largest absolute Gasteiger partial charge is 0.374 e. The number of benzene rings is 2. The number of anilines is 2. The molecule has 0 spiro atoms. The SMILES string of the molecule is CN1CCc2cc([C@H](CNC(=O)Nc3cccc(Cl)c3)N(C)C)ccc21. The van der Waals surface area contributed by atoms with Crippen LogP contribution in [0.25, 0.3) is 0 Å². The zero-order valence-corrected chi connectivity index (χ0v) is 16.2. The summed E-state index contributed by atoms with van der Waals surface area (Å²) >= 11 is 5.95. The predicted octanol–water partition coefficient (Wildman–Crippen LogP) is 3.76. The van der Waals surface area contributed by atoms with Crippen LogP contribution >= 0.6 is 11.6 Å². The van der Waals surface area contributed by atoms with Crippen LogP contribution in [-0.4, -0.2) is 45.2 Å². The summed E-state index contributed by atoms with van der Waals surface area (Å²) in [5.41, 5.74) is 4.57. The Balaban J connectivity index is 1.65. The molecule has 0 aliphatic carbocycles. The van der Waals surface area contributed by atoms with E-state index in [9.17, 15) is 4.79 Å². The summed E-state index contributed by atoms with van der Waals surface area (Å²) in [5.74, 6) is 0. The molecule has 1 atom stereocenters. The van der Waals surface area contributed by atoms with Crippen molar-refractivity contribution in [3.8, 4) is 0 Å². The molecule has 0 unspecified atom stereocenters. The first kappa shape index (κ1) is 18.5. The van der Waals surface area contributed by atoms with Crippen LogP contribution in [-0.2, 0) is 6.42 Å². The quantitative estimate of drug-likeness (QED) is 0.840. The highest BCUT2D eigenvalue weighted by Crippen LogP contribution is 2.30. The molecule has 1 aliphatic rings. The second-order valence-electron chi connectivity index (χ2n) is 6.88. The third-order valence-electron chi connectivity index (χ3n) is 4.78. The van der Waals surface area contributed by atoms with Gasteiger partial charge in [0.05, 0.1) is 6.04 Å². The van der Waals surface area contributed by atoms with Gasteiger partial charge < -0.3 is 20.4 Å². The lowest BCUT2D eigenvalue weighted by atomic mass is 10.0. The van der Waals surface area contributed by atoms with Crippen molar-refractivity contribution in [2.24, 2.45) is 0 Å². The van der Waals surface area contributed by atoms with Crippen LogP contribution in [0, 0.1) is 0 Å². The molecule has 5 nitrogen and oxygen atoms in total. The molecule has 0 aromatic heterocycles. The third kappa shape index (κ3) is 4.29. The molecule has 6 heteroatoms. The number of carbonyl (C=O) groups excluding carboxylic acids is 1. The minimum atomic E-state index is -0.236. The number of rotatable bonds is 5. The van der Waals surface area contributed by atoms with Crippen LogP contribution in [0.2, 0.25) is 5.02 Å². The molecule has 0 radical (unpaired) electrons. The Labute approximate surface area is 159 Å². The summed E-state index contributed by atoms with van der Waals surface area (Å²) in [6, 6.07) is 13.6. The van der Waals surface area contributed by atoms with Crippen LogP contribution in [0.4, 0.5) is 16.2 Å². The number of carbonyl (C=O) groups is 1. The van der Waals surface area contributed by atoms with E-state index >= 15 is 0 Å². The van der Waals surface area contributed by atoms with Gasteiger partial charge in [0.1, 0.15) is 0 Å². The average molecular weight is 373 g/mol. The van der Waals surface area contributed by atoms with E-state index in [0.717, 1.165) is 13.0 Å². The first-order chi connectivity index (χ1) is 12.4. The highest BCUT2D eigenvalue weighted by atomic mass is 35.5. The number of nitrogens with zero attached hydrogens (tertiary/aromatic N) is 2. The molecule has 2 amide bonds. The van der Waals surface area contributed by atoms with Crippen molar-refractivity contribution in [2.45, 2.75) is 12.5 Å². The van der Waals surface area contributed by atoms with E-state index in [1.54, 1.807) is 12.1 Å². The molecule has 3 rings (SSSR count). The number of nitrogens with one attached hydrogen (secondary N) is 2. The van der Waals surface area contributed by atoms with Gasteiger partial charge in [0, 0.05) is 36.5 Å². The summed E-state index contributed by atoms with van der Waals surface area (Å²) in [4.78, 5) is 16.6. The highest BCUT2D eigenvalue weighted by Gasteiger charge is 2.20. The molecular formula is C20H25ClN4O. The second kappa shape index (κ2) is 7.98. The van der Waals surface area contributed by atoms with Crippen molar-refractivity contribution in [2.75, 3.05) is 44.4 Å². The lowest BCUT2D eigenvalue weighted by Gasteiger charge is -2.26. The van der Waals surface area contributed by atoms with Crippen LogP contribution in [0.5, 0.6) is 0 Å². The molecule has 0 bridgehead atoms. The van der Waals surface area contributed by atoms with Gasteiger partial charge >= 0.3 is 6.03 Å². The minimum absolute atomic E-state index is 0.108. The smallest absolute Gasteiger partial charge is 0.319 e. The summed E-state index contributed by atoms with van der Waals surface area (Å²) < 4.78 is 0. The molecule has 0 fully saturated rings. The van der Waals surface area contributed by atoms with Crippen LogP contribution in [0.1, 0.15) is 17.2 Å². The first-order valence-electron chi connectivity index (χ1n) is 8.75. The Hall–Kier alpha value is -2.24. The van der Waals surface area contributed by atoms with E-state index in [2.05, 4.69) is 45.7 Å². The van der Waals surface area contributed by atoms with Gasteiger partial charge in [0.2, 0.25) is 0 Å². The third-order valence-corrected chi connectivity index (χ3v) is 5.01. The number of hydrogen-bond acceptors (Lipinski definition) is 3. The van der Waals surface area contributed by atoms with Crippen molar-refractivity contribution in [3.05, 3.63) is 58.6 Å². The first-order valence-corrected chi connectivity index (χ1v) is 9.12. The van der Waals surface area contributed by atoms with Gasteiger partial charge in [-0.25, -0.2) is 4.79 Å². The fourth-order valence-electron chi connectivity index (χ4n) is 3.32. The van der Waals surface area contributed by atoms with E-state index < -0.39 is 0 Å².